The Hall–Kier alpha value is -0.680. The van der Waals surface area contributed by atoms with Gasteiger partial charge in [-0.1, -0.05) is 23.2 Å². The molecule has 150 valence electrons. The van der Waals surface area contributed by atoms with Crippen LogP contribution in [-0.2, 0) is 4.79 Å². The van der Waals surface area contributed by atoms with Crippen molar-refractivity contribution in [1.82, 2.24) is 10.2 Å². The number of rotatable bonds is 4. The highest BCUT2D eigenvalue weighted by atomic mass is 35.5. The Kier molecular flexibility index (Phi) is 7.18. The van der Waals surface area contributed by atoms with Crippen molar-refractivity contribution in [3.8, 4) is 5.75 Å². The van der Waals surface area contributed by atoms with Crippen molar-refractivity contribution < 1.29 is 9.53 Å². The fourth-order valence-corrected chi connectivity index (χ4v) is 5.01. The van der Waals surface area contributed by atoms with Gasteiger partial charge in [0, 0.05) is 31.1 Å². The standard InChI is InChI=1S/C20H26Cl2N2O2.ClH/c21-18-6-5-16(11-19(18)22)26-17-2-1-7-24(12-17)20(25)10-13-8-14-3-4-15(9-13)23-14;/h5-6,11,13-15,17,23H,1-4,7-10,12H2;1H. The van der Waals surface area contributed by atoms with E-state index in [1.165, 1.54) is 12.8 Å². The minimum Gasteiger partial charge on any atom is -0.489 e. The van der Waals surface area contributed by atoms with E-state index < -0.39 is 0 Å². The van der Waals surface area contributed by atoms with Crippen molar-refractivity contribution >= 4 is 41.5 Å². The van der Waals surface area contributed by atoms with Crippen molar-refractivity contribution in [3.63, 3.8) is 0 Å². The molecule has 3 atom stereocenters. The van der Waals surface area contributed by atoms with Gasteiger partial charge in [0.1, 0.15) is 11.9 Å². The Bertz CT molecular complexity index is 661. The summed E-state index contributed by atoms with van der Waals surface area (Å²) < 4.78 is 6.06. The lowest BCUT2D eigenvalue weighted by atomic mass is 9.89. The van der Waals surface area contributed by atoms with Gasteiger partial charge in [-0.15, -0.1) is 12.4 Å². The van der Waals surface area contributed by atoms with Crippen molar-refractivity contribution in [2.24, 2.45) is 5.92 Å². The molecule has 3 aliphatic heterocycles. The van der Waals surface area contributed by atoms with Crippen LogP contribution in [0.1, 0.15) is 44.9 Å². The Morgan fingerprint density at radius 1 is 1.15 bits per heavy atom. The zero-order chi connectivity index (χ0) is 18.1. The number of halogens is 3. The summed E-state index contributed by atoms with van der Waals surface area (Å²) in [5.41, 5.74) is 0. The maximum absolute atomic E-state index is 12.8. The number of fused-ring (bicyclic) bond motifs is 2. The third-order valence-electron chi connectivity index (χ3n) is 5.96. The molecule has 3 fully saturated rings. The minimum atomic E-state index is 0. The molecule has 4 nitrogen and oxygen atoms in total. The van der Waals surface area contributed by atoms with E-state index in [0.29, 0.717) is 52.7 Å². The lowest BCUT2D eigenvalue weighted by Crippen LogP contribution is -2.46. The lowest BCUT2D eigenvalue weighted by Gasteiger charge is -2.35. The van der Waals surface area contributed by atoms with E-state index in [1.54, 1.807) is 12.1 Å². The van der Waals surface area contributed by atoms with E-state index in [4.69, 9.17) is 27.9 Å². The number of nitrogens with one attached hydrogen (secondary N) is 1. The number of ether oxygens (including phenoxy) is 1. The molecular weight excluding hydrogens is 407 g/mol. The quantitative estimate of drug-likeness (QED) is 0.748. The third-order valence-corrected chi connectivity index (χ3v) is 6.70. The molecule has 27 heavy (non-hydrogen) atoms. The molecule has 1 aromatic rings. The molecule has 3 aliphatic rings. The summed E-state index contributed by atoms with van der Waals surface area (Å²) in [5.74, 6) is 1.55. The van der Waals surface area contributed by atoms with Gasteiger partial charge in [-0.05, 0) is 56.6 Å². The van der Waals surface area contributed by atoms with Crippen LogP contribution < -0.4 is 10.1 Å². The third kappa shape index (κ3) is 5.23. The second-order valence-corrected chi connectivity index (χ2v) is 8.79. The van der Waals surface area contributed by atoms with Crippen molar-refractivity contribution in [2.45, 2.75) is 63.1 Å². The van der Waals surface area contributed by atoms with Crippen LogP contribution in [0.15, 0.2) is 18.2 Å². The predicted molar refractivity (Wildman–Crippen MR) is 111 cm³/mol. The Morgan fingerprint density at radius 2 is 1.89 bits per heavy atom. The normalized spacial score (nSPS) is 29.9. The molecule has 1 aromatic carbocycles. The topological polar surface area (TPSA) is 41.6 Å². The van der Waals surface area contributed by atoms with Gasteiger partial charge < -0.3 is 15.0 Å². The summed E-state index contributed by atoms with van der Waals surface area (Å²) in [4.78, 5) is 14.8. The molecule has 0 spiro atoms. The predicted octanol–water partition coefficient (Wildman–Crippen LogP) is 4.71. The summed E-state index contributed by atoms with van der Waals surface area (Å²) in [7, 11) is 0. The van der Waals surface area contributed by atoms with E-state index in [-0.39, 0.29) is 18.5 Å². The molecule has 7 heteroatoms. The number of hydrogen-bond donors (Lipinski definition) is 1. The second-order valence-electron chi connectivity index (χ2n) is 7.98. The molecule has 0 radical (unpaired) electrons. The van der Waals surface area contributed by atoms with Crippen molar-refractivity contribution in [2.75, 3.05) is 13.1 Å². The fraction of sp³-hybridized carbons (Fsp3) is 0.650. The van der Waals surface area contributed by atoms with Gasteiger partial charge in [0.05, 0.1) is 16.6 Å². The van der Waals surface area contributed by atoms with Crippen LogP contribution in [-0.4, -0.2) is 42.1 Å². The summed E-state index contributed by atoms with van der Waals surface area (Å²) in [5, 5.41) is 4.67. The number of likely N-dealkylation sites (tertiary alicyclic amines) is 1. The van der Waals surface area contributed by atoms with Crippen LogP contribution in [0.5, 0.6) is 5.75 Å². The van der Waals surface area contributed by atoms with E-state index >= 15 is 0 Å². The largest absolute Gasteiger partial charge is 0.489 e. The van der Waals surface area contributed by atoms with Gasteiger partial charge in [0.15, 0.2) is 0 Å². The van der Waals surface area contributed by atoms with E-state index in [2.05, 4.69) is 5.32 Å². The minimum absolute atomic E-state index is 0. The van der Waals surface area contributed by atoms with E-state index in [0.717, 1.165) is 32.2 Å². The van der Waals surface area contributed by atoms with Crippen molar-refractivity contribution in [1.29, 1.82) is 0 Å². The van der Waals surface area contributed by atoms with Crippen LogP contribution in [0.25, 0.3) is 0 Å². The molecular formula is C20H27Cl3N2O2. The molecule has 3 heterocycles. The Morgan fingerprint density at radius 3 is 2.59 bits per heavy atom. The summed E-state index contributed by atoms with van der Waals surface area (Å²) in [6.07, 6.45) is 7.51. The summed E-state index contributed by atoms with van der Waals surface area (Å²) in [6, 6.07) is 6.60. The fourth-order valence-electron chi connectivity index (χ4n) is 4.72. The molecule has 4 rings (SSSR count). The van der Waals surface area contributed by atoms with Crippen LogP contribution in [0.2, 0.25) is 10.0 Å². The number of hydrogen-bond acceptors (Lipinski definition) is 3. The Labute approximate surface area is 177 Å². The van der Waals surface area contributed by atoms with Crippen molar-refractivity contribution in [3.05, 3.63) is 28.2 Å². The number of amides is 1. The number of carbonyl (C=O) groups excluding carboxylic acids is 1. The molecule has 0 aliphatic carbocycles. The zero-order valence-electron chi connectivity index (χ0n) is 15.3. The van der Waals surface area contributed by atoms with Gasteiger partial charge >= 0.3 is 0 Å². The van der Waals surface area contributed by atoms with Crippen LogP contribution in [0.3, 0.4) is 0 Å². The van der Waals surface area contributed by atoms with Gasteiger partial charge in [-0.3, -0.25) is 4.79 Å². The number of nitrogens with zero attached hydrogens (tertiary/aromatic N) is 1. The second kappa shape index (κ2) is 9.21. The lowest BCUT2D eigenvalue weighted by molar-refractivity contribution is -0.135. The monoisotopic (exact) mass is 432 g/mol. The number of carbonyl (C=O) groups is 1. The first-order chi connectivity index (χ1) is 12.6. The van der Waals surface area contributed by atoms with Gasteiger partial charge in [-0.2, -0.15) is 0 Å². The first kappa shape index (κ1) is 21.0. The van der Waals surface area contributed by atoms with E-state index in [9.17, 15) is 4.79 Å². The molecule has 2 bridgehead atoms. The average molecular weight is 434 g/mol. The maximum atomic E-state index is 12.8. The molecule has 1 N–H and O–H groups in total. The zero-order valence-corrected chi connectivity index (χ0v) is 17.7. The average Bonchev–Trinajstić information content (AvgIpc) is 2.97. The molecule has 0 aromatic heterocycles. The molecule has 3 unspecified atom stereocenters. The highest BCUT2D eigenvalue weighted by molar-refractivity contribution is 6.42. The SMILES string of the molecule is Cl.O=C(CC1CC2CCC(C1)N2)N1CCCC(Oc2ccc(Cl)c(Cl)c2)C1. The maximum Gasteiger partial charge on any atom is 0.222 e. The van der Waals surface area contributed by atoms with Gasteiger partial charge in [0.2, 0.25) is 5.91 Å². The summed E-state index contributed by atoms with van der Waals surface area (Å²) >= 11 is 12.0. The first-order valence-corrected chi connectivity index (χ1v) is 10.5. The molecule has 0 saturated carbocycles. The van der Waals surface area contributed by atoms with Crippen LogP contribution >= 0.6 is 35.6 Å². The highest BCUT2D eigenvalue weighted by Gasteiger charge is 2.35. The smallest absolute Gasteiger partial charge is 0.222 e. The molecule has 1 amide bonds. The van der Waals surface area contributed by atoms with E-state index in [1.807, 2.05) is 11.0 Å². The van der Waals surface area contributed by atoms with Gasteiger partial charge in [-0.25, -0.2) is 0 Å². The number of benzene rings is 1. The summed E-state index contributed by atoms with van der Waals surface area (Å²) in [6.45, 7) is 1.51. The number of piperidine rings is 2. The highest BCUT2D eigenvalue weighted by Crippen LogP contribution is 2.33. The van der Waals surface area contributed by atoms with Gasteiger partial charge in [0.25, 0.3) is 0 Å². The molecule has 3 saturated heterocycles. The Balaban J connectivity index is 0.00000210. The first-order valence-electron chi connectivity index (χ1n) is 9.72. The van der Waals surface area contributed by atoms with Crippen LogP contribution in [0.4, 0.5) is 0 Å². The van der Waals surface area contributed by atoms with Crippen LogP contribution in [0, 0.1) is 5.92 Å².